The van der Waals surface area contributed by atoms with Gasteiger partial charge >= 0.3 is 5.97 Å². The highest BCUT2D eigenvalue weighted by atomic mass is 16.6. The molecule has 0 aliphatic carbocycles. The van der Waals surface area contributed by atoms with E-state index in [0.717, 1.165) is 5.56 Å². The third-order valence-electron chi connectivity index (χ3n) is 3.11. The lowest BCUT2D eigenvalue weighted by Gasteiger charge is -2.26. The van der Waals surface area contributed by atoms with Gasteiger partial charge in [-0.25, -0.2) is 4.79 Å². The summed E-state index contributed by atoms with van der Waals surface area (Å²) in [5.74, 6) is -1.13. The van der Waals surface area contributed by atoms with Gasteiger partial charge < -0.3 is 20.9 Å². The molecule has 0 aromatic heterocycles. The molecule has 0 unspecified atom stereocenters. The van der Waals surface area contributed by atoms with Crippen LogP contribution in [0.5, 0.6) is 0 Å². The van der Waals surface area contributed by atoms with Crippen molar-refractivity contribution < 1.29 is 19.4 Å². The fraction of sp³-hybridized carbons (Fsp3) is 0.529. The minimum Gasteiger partial charge on any atom is -0.458 e. The van der Waals surface area contributed by atoms with E-state index in [0.29, 0.717) is 0 Å². The summed E-state index contributed by atoms with van der Waals surface area (Å²) in [6, 6.07) is 7.32. The number of aliphatic hydroxyl groups is 1. The number of benzene rings is 1. The van der Waals surface area contributed by atoms with Crippen molar-refractivity contribution in [2.24, 2.45) is 5.73 Å². The number of carbonyl (C=O) groups is 2. The molecule has 1 amide bonds. The summed E-state index contributed by atoms with van der Waals surface area (Å²) in [5.41, 5.74) is 5.83. The number of hydrogen-bond donors (Lipinski definition) is 3. The van der Waals surface area contributed by atoms with Gasteiger partial charge in [-0.1, -0.05) is 30.3 Å². The molecule has 3 atom stereocenters. The van der Waals surface area contributed by atoms with Crippen molar-refractivity contribution >= 4 is 11.9 Å². The summed E-state index contributed by atoms with van der Waals surface area (Å²) in [4.78, 5) is 24.4. The van der Waals surface area contributed by atoms with Crippen LogP contribution in [0.2, 0.25) is 0 Å². The molecule has 1 aromatic rings. The smallest absolute Gasteiger partial charge is 0.329 e. The minimum atomic E-state index is -1.10. The van der Waals surface area contributed by atoms with Gasteiger partial charge in [-0.3, -0.25) is 4.79 Å². The minimum absolute atomic E-state index is 0.286. The molecule has 0 aliphatic heterocycles. The first-order chi connectivity index (χ1) is 10.6. The highest BCUT2D eigenvalue weighted by Crippen LogP contribution is 2.12. The lowest BCUT2D eigenvalue weighted by molar-refractivity contribution is -0.158. The van der Waals surface area contributed by atoms with E-state index in [1.807, 2.05) is 30.3 Å². The first-order valence-corrected chi connectivity index (χ1v) is 7.61. The van der Waals surface area contributed by atoms with Gasteiger partial charge in [0.15, 0.2) is 0 Å². The van der Waals surface area contributed by atoms with Crippen molar-refractivity contribution in [3.05, 3.63) is 35.9 Å². The molecule has 1 rings (SSSR count). The van der Waals surface area contributed by atoms with Crippen LogP contribution in [0.25, 0.3) is 0 Å². The number of aliphatic hydroxyl groups excluding tert-OH is 1. The number of esters is 1. The topological polar surface area (TPSA) is 102 Å². The molecule has 23 heavy (non-hydrogen) atoms. The predicted molar refractivity (Wildman–Crippen MR) is 87.6 cm³/mol. The van der Waals surface area contributed by atoms with Gasteiger partial charge in [0.05, 0.1) is 6.10 Å². The number of ether oxygens (including phenoxy) is 1. The fourth-order valence-electron chi connectivity index (χ4n) is 1.90. The fourth-order valence-corrected chi connectivity index (χ4v) is 1.90. The van der Waals surface area contributed by atoms with Crippen LogP contribution in [0.1, 0.15) is 33.3 Å². The van der Waals surface area contributed by atoms with Gasteiger partial charge in [0, 0.05) is 6.42 Å². The van der Waals surface area contributed by atoms with E-state index >= 15 is 0 Å². The van der Waals surface area contributed by atoms with Gasteiger partial charge in [-0.15, -0.1) is 0 Å². The van der Waals surface area contributed by atoms with E-state index in [2.05, 4.69) is 5.32 Å². The van der Waals surface area contributed by atoms with E-state index in [-0.39, 0.29) is 6.42 Å². The maximum absolute atomic E-state index is 12.4. The van der Waals surface area contributed by atoms with Gasteiger partial charge in [-0.2, -0.15) is 0 Å². The quantitative estimate of drug-likeness (QED) is 0.671. The Kier molecular flexibility index (Phi) is 6.72. The highest BCUT2D eigenvalue weighted by molar-refractivity contribution is 5.88. The molecule has 0 aliphatic rings. The Labute approximate surface area is 137 Å². The molecule has 6 heteroatoms. The average molecular weight is 322 g/mol. The second-order valence-electron chi connectivity index (χ2n) is 6.55. The lowest BCUT2D eigenvalue weighted by atomic mass is 10.0. The standard InChI is InChI=1S/C17H26N2O4/c1-11(20)14(18)15(21)19-13(16(22)23-17(2,3)4)10-12-8-6-5-7-9-12/h5-9,11,13-14,20H,10,18H2,1-4H3,(H,19,21)/t11-,13+,14+/m1/s1. The summed E-state index contributed by atoms with van der Waals surface area (Å²) in [6.45, 7) is 6.69. The predicted octanol–water partition coefficient (Wildman–Crippen LogP) is 0.764. The number of nitrogens with one attached hydrogen (secondary N) is 1. The van der Waals surface area contributed by atoms with Crippen molar-refractivity contribution in [1.29, 1.82) is 0 Å². The second-order valence-corrected chi connectivity index (χ2v) is 6.55. The van der Waals surface area contributed by atoms with Crippen LogP contribution in [-0.4, -0.2) is 40.8 Å². The zero-order chi connectivity index (χ0) is 17.6. The maximum atomic E-state index is 12.4. The Morgan fingerprint density at radius 1 is 1.26 bits per heavy atom. The number of rotatable bonds is 6. The van der Waals surface area contributed by atoms with Crippen LogP contribution in [0.3, 0.4) is 0 Å². The van der Waals surface area contributed by atoms with E-state index in [1.165, 1.54) is 6.92 Å². The summed E-state index contributed by atoms with van der Waals surface area (Å²) >= 11 is 0. The molecule has 0 heterocycles. The number of carbonyl (C=O) groups excluding carboxylic acids is 2. The van der Waals surface area contributed by atoms with Crippen molar-refractivity contribution in [2.45, 2.75) is 57.9 Å². The highest BCUT2D eigenvalue weighted by Gasteiger charge is 2.29. The molecule has 128 valence electrons. The van der Waals surface area contributed by atoms with Crippen molar-refractivity contribution in [3.63, 3.8) is 0 Å². The molecule has 0 spiro atoms. The first kappa shape index (κ1) is 19.1. The molecule has 0 saturated heterocycles. The van der Waals surface area contributed by atoms with Crippen LogP contribution in [-0.2, 0) is 20.7 Å². The van der Waals surface area contributed by atoms with Crippen LogP contribution in [0, 0.1) is 0 Å². The Balaban J connectivity index is 2.88. The third-order valence-corrected chi connectivity index (χ3v) is 3.11. The van der Waals surface area contributed by atoms with E-state index < -0.39 is 35.7 Å². The zero-order valence-electron chi connectivity index (χ0n) is 14.1. The maximum Gasteiger partial charge on any atom is 0.329 e. The van der Waals surface area contributed by atoms with Gasteiger partial charge in [0.25, 0.3) is 0 Å². The van der Waals surface area contributed by atoms with E-state index in [9.17, 15) is 14.7 Å². The largest absolute Gasteiger partial charge is 0.458 e. The normalized spacial score (nSPS) is 15.4. The Morgan fingerprint density at radius 2 is 1.83 bits per heavy atom. The van der Waals surface area contributed by atoms with E-state index in [1.54, 1.807) is 20.8 Å². The van der Waals surface area contributed by atoms with Crippen LogP contribution >= 0.6 is 0 Å². The SMILES string of the molecule is C[C@@H](O)[C@H](N)C(=O)N[C@@H](Cc1ccccc1)C(=O)OC(C)(C)C. The molecular weight excluding hydrogens is 296 g/mol. The molecule has 6 nitrogen and oxygen atoms in total. The monoisotopic (exact) mass is 322 g/mol. The molecular formula is C17H26N2O4. The molecule has 0 saturated carbocycles. The number of nitrogens with two attached hydrogens (primary N) is 1. The van der Waals surface area contributed by atoms with Crippen molar-refractivity contribution in [2.75, 3.05) is 0 Å². The van der Waals surface area contributed by atoms with E-state index in [4.69, 9.17) is 10.5 Å². The van der Waals surface area contributed by atoms with Crippen molar-refractivity contribution in [3.8, 4) is 0 Å². The number of hydrogen-bond acceptors (Lipinski definition) is 5. The van der Waals surface area contributed by atoms with Gasteiger partial charge in [-0.05, 0) is 33.3 Å². The van der Waals surface area contributed by atoms with Crippen molar-refractivity contribution in [1.82, 2.24) is 5.32 Å². The van der Waals surface area contributed by atoms with Crippen LogP contribution < -0.4 is 11.1 Å². The Hall–Kier alpha value is -1.92. The summed E-state index contributed by atoms with van der Waals surface area (Å²) < 4.78 is 5.36. The zero-order valence-corrected chi connectivity index (χ0v) is 14.1. The summed E-state index contributed by atoms with van der Waals surface area (Å²) in [7, 11) is 0. The van der Waals surface area contributed by atoms with Crippen LogP contribution in [0.15, 0.2) is 30.3 Å². The van der Waals surface area contributed by atoms with Gasteiger partial charge in [0.2, 0.25) is 5.91 Å². The molecule has 0 bridgehead atoms. The lowest BCUT2D eigenvalue weighted by Crippen LogP contribution is -2.53. The summed E-state index contributed by atoms with van der Waals surface area (Å²) in [6.07, 6.45) is -0.723. The Bertz CT molecular complexity index is 523. The van der Waals surface area contributed by atoms with Crippen LogP contribution in [0.4, 0.5) is 0 Å². The average Bonchev–Trinajstić information content (AvgIpc) is 2.44. The van der Waals surface area contributed by atoms with Gasteiger partial charge in [0.1, 0.15) is 17.7 Å². The number of amides is 1. The second kappa shape index (κ2) is 8.08. The Morgan fingerprint density at radius 3 is 2.30 bits per heavy atom. The molecule has 4 N–H and O–H groups in total. The summed E-state index contributed by atoms with van der Waals surface area (Å²) in [5, 5.41) is 12.0. The molecule has 0 fully saturated rings. The third kappa shape index (κ3) is 6.80. The first-order valence-electron chi connectivity index (χ1n) is 7.61. The molecule has 1 aromatic carbocycles. The molecule has 0 radical (unpaired) electrons.